The maximum atomic E-state index is 14.9. The Bertz CT molecular complexity index is 2790. The molecule has 5 aliphatic rings. The second-order valence-corrected chi connectivity index (χ2v) is 21.7. The smallest absolute Gasteiger partial charge is 0.338 e. The number of aliphatic hydroxyl groups is 4. The van der Waals surface area contributed by atoms with E-state index in [4.69, 9.17) is 23.7 Å². The van der Waals surface area contributed by atoms with Crippen LogP contribution >= 0.6 is 0 Å². The molecule has 3 aromatic rings. The number of nitrogens with one attached hydrogen (secondary N) is 3. The number of fused-ring (bicyclic) bond motifs is 5. The summed E-state index contributed by atoms with van der Waals surface area (Å²) < 4.78 is 29.5. The minimum atomic E-state index is -2.42. The summed E-state index contributed by atoms with van der Waals surface area (Å²) in [4.78, 5) is 112. The van der Waals surface area contributed by atoms with E-state index in [0.717, 1.165) is 12.5 Å². The first kappa shape index (κ1) is 57.1. The average molecular weight is 1080 g/mol. The van der Waals surface area contributed by atoms with Crippen LogP contribution in [0.3, 0.4) is 0 Å². The summed E-state index contributed by atoms with van der Waals surface area (Å²) in [6.45, 7) is 8.40. The van der Waals surface area contributed by atoms with Gasteiger partial charge >= 0.3 is 29.9 Å². The van der Waals surface area contributed by atoms with Gasteiger partial charge in [-0.3, -0.25) is 24.0 Å². The first-order chi connectivity index (χ1) is 37.0. The fourth-order valence-corrected chi connectivity index (χ4v) is 12.1. The van der Waals surface area contributed by atoms with Crippen LogP contribution in [-0.2, 0) is 59.1 Å². The van der Waals surface area contributed by atoms with E-state index in [1.165, 1.54) is 49.9 Å². The molecule has 21 nitrogen and oxygen atoms in total. The highest BCUT2D eigenvalue weighted by Gasteiger charge is 2.74. The molecule has 418 valence electrons. The van der Waals surface area contributed by atoms with Crippen molar-refractivity contribution in [3.63, 3.8) is 0 Å². The quantitative estimate of drug-likeness (QED) is 0.0616. The number of ether oxygens (including phenoxy) is 5. The lowest BCUT2D eigenvalue weighted by Gasteiger charge is -2.64. The predicted molar refractivity (Wildman–Crippen MR) is 274 cm³/mol. The molecule has 0 radical (unpaired) electrons. The molecule has 3 unspecified atom stereocenters. The van der Waals surface area contributed by atoms with Gasteiger partial charge < -0.3 is 65.0 Å². The Morgan fingerprint density at radius 1 is 0.885 bits per heavy atom. The van der Waals surface area contributed by atoms with Gasteiger partial charge in [0.2, 0.25) is 11.8 Å². The first-order valence-electron chi connectivity index (χ1n) is 26.2. The van der Waals surface area contributed by atoms with Crippen molar-refractivity contribution in [2.75, 3.05) is 19.7 Å². The van der Waals surface area contributed by atoms with E-state index in [9.17, 15) is 58.8 Å². The Morgan fingerprint density at radius 2 is 1.53 bits per heavy atom. The van der Waals surface area contributed by atoms with Gasteiger partial charge in [-0.2, -0.15) is 0 Å². The highest BCUT2D eigenvalue weighted by molar-refractivity contribution is 5.94. The van der Waals surface area contributed by atoms with Crippen molar-refractivity contribution in [3.05, 3.63) is 119 Å². The fourth-order valence-electron chi connectivity index (χ4n) is 12.1. The lowest BCUT2D eigenvalue weighted by molar-refractivity contribution is -0.332. The molecule has 3 aromatic carbocycles. The third-order valence-corrected chi connectivity index (χ3v) is 16.3. The number of Topliss-reactive ketones (excluding diaryl/α,β-unsaturated/α-hetero) is 1. The summed E-state index contributed by atoms with van der Waals surface area (Å²) >= 11 is 0. The Labute approximate surface area is 451 Å². The summed E-state index contributed by atoms with van der Waals surface area (Å²) in [6, 6.07) is 19.9. The Hall–Kier alpha value is -7.04. The average Bonchev–Trinajstić information content (AvgIpc) is 3.87. The lowest BCUT2D eigenvalue weighted by atomic mass is 9.49. The molecule has 2 heterocycles. The predicted octanol–water partition coefficient (Wildman–Crippen LogP) is 2.52. The monoisotopic (exact) mass is 1080 g/mol. The number of urea groups is 1. The lowest BCUT2D eigenvalue weighted by Crippen LogP contribution is -2.79. The van der Waals surface area contributed by atoms with E-state index in [1.807, 2.05) is 6.07 Å². The summed E-state index contributed by atoms with van der Waals surface area (Å²) in [5.74, 6) is -9.57. The molecule has 3 aliphatic carbocycles. The number of rotatable bonds is 16. The standard InChI is InChI=1S/C57H68N4O17/c1-30(2)44(51(69)61-24-16-23-36(61)50(68)58-27-40(64)74-28-33-17-10-7-11-18-33)59-54(72)60-45(34-19-12-8-13-20-34)48(67)53(71)76-38-26-57(73)49(77-52(70)35-21-14-9-15-22-35)43-41(46(65)47(66)42(31(38)3)55(57,5)6)37(63)25-39-56(43,29-75-39)78-32(4)62/h7-15,17-22,30,36-39,41,43-45,47-49,63,66-67,73H,16,23-29H2,1-6H3,(H,58,68)(H2,59,60,72)/t36-,37-,38-,39?,41?,43?,44-,45-,47+,48+,49-,56-,57+/m0/s1. The zero-order valence-corrected chi connectivity index (χ0v) is 44.3. The molecule has 13 atom stereocenters. The maximum absolute atomic E-state index is 14.9. The van der Waals surface area contributed by atoms with E-state index < -0.39 is 150 Å². The molecule has 8 rings (SSSR count). The number of ketones is 1. The van der Waals surface area contributed by atoms with Crippen LogP contribution in [0.1, 0.15) is 94.8 Å². The van der Waals surface area contributed by atoms with Crippen LogP contribution in [0.25, 0.3) is 0 Å². The molecule has 2 bridgehead atoms. The Kier molecular flexibility index (Phi) is 16.9. The number of hydrogen-bond donors (Lipinski definition) is 7. The molecule has 2 aliphatic heterocycles. The van der Waals surface area contributed by atoms with Crippen molar-refractivity contribution < 1.29 is 82.5 Å². The number of esters is 4. The summed E-state index contributed by atoms with van der Waals surface area (Å²) in [5.41, 5.74) is -4.87. The van der Waals surface area contributed by atoms with Crippen molar-refractivity contribution in [3.8, 4) is 0 Å². The van der Waals surface area contributed by atoms with Crippen molar-refractivity contribution >= 4 is 47.5 Å². The van der Waals surface area contributed by atoms with Crippen molar-refractivity contribution in [2.45, 2.75) is 140 Å². The summed E-state index contributed by atoms with van der Waals surface area (Å²) in [7, 11) is 0. The molecule has 4 fully saturated rings. The minimum Gasteiger partial charge on any atom is -0.460 e. The minimum absolute atomic E-state index is 0.00876. The third kappa shape index (κ3) is 11.0. The number of benzene rings is 3. The molecule has 21 heteroatoms. The number of likely N-dealkylation sites (tertiary alicyclic amines) is 1. The zero-order chi connectivity index (χ0) is 56.4. The van der Waals surface area contributed by atoms with Crippen LogP contribution in [0, 0.1) is 23.2 Å². The molecule has 7 N–H and O–H groups in total. The Morgan fingerprint density at radius 3 is 2.14 bits per heavy atom. The summed E-state index contributed by atoms with van der Waals surface area (Å²) in [6.07, 6.45) is -10.3. The zero-order valence-electron chi connectivity index (χ0n) is 44.3. The normalized spacial score (nSPS) is 29.1. The van der Waals surface area contributed by atoms with E-state index in [1.54, 1.807) is 74.5 Å². The van der Waals surface area contributed by atoms with Gasteiger partial charge in [0.05, 0.1) is 36.2 Å². The van der Waals surface area contributed by atoms with E-state index >= 15 is 0 Å². The molecule has 2 saturated heterocycles. The number of aliphatic hydroxyl groups excluding tert-OH is 3. The number of amides is 4. The first-order valence-corrected chi connectivity index (χ1v) is 26.2. The number of nitrogens with zero attached hydrogens (tertiary/aromatic N) is 1. The Balaban J connectivity index is 1.04. The van der Waals surface area contributed by atoms with Crippen LogP contribution in [0.15, 0.2) is 102 Å². The molecule has 0 spiro atoms. The highest BCUT2D eigenvalue weighted by Crippen LogP contribution is 2.61. The molecule has 0 aromatic heterocycles. The van der Waals surface area contributed by atoms with E-state index in [0.29, 0.717) is 6.42 Å². The highest BCUT2D eigenvalue weighted by atomic mass is 16.6. The van der Waals surface area contributed by atoms with Crippen molar-refractivity contribution in [2.24, 2.45) is 23.2 Å². The number of carbonyl (C=O) groups is 8. The molecule has 2 saturated carbocycles. The van der Waals surface area contributed by atoms with Crippen LogP contribution in [0.4, 0.5) is 4.79 Å². The maximum Gasteiger partial charge on any atom is 0.338 e. The summed E-state index contributed by atoms with van der Waals surface area (Å²) in [5, 5.41) is 57.3. The fraction of sp³-hybridized carbons (Fsp3) is 0.509. The van der Waals surface area contributed by atoms with Gasteiger partial charge in [-0.25, -0.2) is 14.4 Å². The van der Waals surface area contributed by atoms with Gasteiger partial charge in [-0.1, -0.05) is 107 Å². The second-order valence-electron chi connectivity index (χ2n) is 21.7. The number of carbonyl (C=O) groups excluding carboxylic acids is 8. The molecular formula is C57H68N4O17. The van der Waals surface area contributed by atoms with Crippen LogP contribution in [-0.4, -0.2) is 152 Å². The van der Waals surface area contributed by atoms with Crippen molar-refractivity contribution in [1.29, 1.82) is 0 Å². The van der Waals surface area contributed by atoms with E-state index in [2.05, 4.69) is 16.0 Å². The van der Waals surface area contributed by atoms with Crippen LogP contribution < -0.4 is 16.0 Å². The van der Waals surface area contributed by atoms with Gasteiger partial charge in [0.25, 0.3) is 0 Å². The topological polar surface area (TPSA) is 303 Å². The van der Waals surface area contributed by atoms with Gasteiger partial charge in [0, 0.05) is 31.7 Å². The third-order valence-electron chi connectivity index (χ3n) is 16.3. The van der Waals surface area contributed by atoms with Gasteiger partial charge in [-0.15, -0.1) is 0 Å². The molecule has 78 heavy (non-hydrogen) atoms. The van der Waals surface area contributed by atoms with Gasteiger partial charge in [-0.05, 0) is 60.1 Å². The van der Waals surface area contributed by atoms with Gasteiger partial charge in [0.15, 0.2) is 17.5 Å². The SMILES string of the molecule is CC(=O)O[C@@]12COC1C[C@H](O)C1C(=O)[C@H](O)C3=C(C)[C@@H](OC(=O)[C@H](O)[C@@H](NC(=O)N[C@H](C(=O)N4CCC[C@H]4C(=O)NCC(=O)OCc4ccccc4)C(C)C)c4ccccc4)C[C@@](O)([C@@H](OC(=O)c4ccccc4)C12)C3(C)C. The number of hydrogen-bond acceptors (Lipinski definition) is 17. The van der Waals surface area contributed by atoms with Crippen LogP contribution in [0.5, 0.6) is 0 Å². The molecule has 4 amide bonds. The largest absolute Gasteiger partial charge is 0.460 e. The molecular weight excluding hydrogens is 1010 g/mol. The van der Waals surface area contributed by atoms with E-state index in [-0.39, 0.29) is 54.9 Å². The second kappa shape index (κ2) is 23.1. The van der Waals surface area contributed by atoms with Crippen LogP contribution in [0.2, 0.25) is 0 Å². The van der Waals surface area contributed by atoms with Crippen molar-refractivity contribution in [1.82, 2.24) is 20.9 Å². The van der Waals surface area contributed by atoms with Gasteiger partial charge in [0.1, 0.15) is 55.3 Å².